The fourth-order valence-electron chi connectivity index (χ4n) is 1.97. The summed E-state index contributed by atoms with van der Waals surface area (Å²) in [7, 11) is 0. The van der Waals surface area contributed by atoms with Crippen molar-refractivity contribution in [3.8, 4) is 0 Å². The van der Waals surface area contributed by atoms with Gasteiger partial charge in [0, 0.05) is 22.5 Å². The van der Waals surface area contributed by atoms with Gasteiger partial charge in [0.25, 0.3) is 0 Å². The number of benzene rings is 1. The van der Waals surface area contributed by atoms with E-state index in [2.05, 4.69) is 15.3 Å². The van der Waals surface area contributed by atoms with E-state index in [0.29, 0.717) is 16.6 Å². The Hall–Kier alpha value is -1.78. The van der Waals surface area contributed by atoms with Gasteiger partial charge < -0.3 is 5.32 Å². The van der Waals surface area contributed by atoms with E-state index in [1.807, 2.05) is 36.4 Å². The lowest BCUT2D eigenvalue weighted by atomic mass is 10.0. The number of fused-ring (bicyclic) bond motifs is 1. The van der Waals surface area contributed by atoms with Gasteiger partial charge in [0.05, 0.1) is 18.0 Å². The first-order valence-corrected chi connectivity index (χ1v) is 6.58. The lowest BCUT2D eigenvalue weighted by Gasteiger charge is -2.10. The van der Waals surface area contributed by atoms with E-state index >= 15 is 0 Å². The molecule has 2 aromatic rings. The average Bonchev–Trinajstić information content (AvgIpc) is 2.57. The topological polar surface area (TPSA) is 37.3 Å². The van der Waals surface area contributed by atoms with E-state index in [1.165, 1.54) is 0 Å². The van der Waals surface area contributed by atoms with Crippen molar-refractivity contribution in [1.82, 2.24) is 4.98 Å². The van der Waals surface area contributed by atoms with Crippen molar-refractivity contribution >= 4 is 40.2 Å². The highest BCUT2D eigenvalue weighted by molar-refractivity contribution is 7.80. The number of aromatic nitrogens is 1. The van der Waals surface area contributed by atoms with Crippen molar-refractivity contribution in [2.75, 3.05) is 11.9 Å². The number of pyridine rings is 1. The third-order valence-corrected chi connectivity index (χ3v) is 3.27. The van der Waals surface area contributed by atoms with E-state index in [4.69, 9.17) is 23.8 Å². The third kappa shape index (κ3) is 2.50. The Morgan fingerprint density at radius 1 is 1.21 bits per heavy atom. The number of halogens is 1. The van der Waals surface area contributed by atoms with Gasteiger partial charge in [-0.3, -0.25) is 9.98 Å². The summed E-state index contributed by atoms with van der Waals surface area (Å²) >= 11 is 11.3. The second-order valence-corrected chi connectivity index (χ2v) is 5.05. The summed E-state index contributed by atoms with van der Waals surface area (Å²) in [5.41, 5.74) is 3.50. The number of thiocarbonyl (C=S) groups is 1. The Bertz CT molecular complexity index is 668. The van der Waals surface area contributed by atoms with Crippen LogP contribution in [0.15, 0.2) is 47.6 Å². The highest BCUT2D eigenvalue weighted by atomic mass is 35.5. The molecule has 0 radical (unpaired) electrons. The standard InChI is InChI=1S/C14H10ClN3S/c15-9-4-5-10-12(7-9)18-13(19)8-17-14(10)11-3-1-2-6-16-11/h1-7H,8H2,(H,18,19). The maximum absolute atomic E-state index is 6.03. The number of aliphatic imine (C=N–C) groups is 1. The summed E-state index contributed by atoms with van der Waals surface area (Å²) in [5, 5.41) is 3.83. The first-order valence-electron chi connectivity index (χ1n) is 5.80. The molecule has 2 heterocycles. The number of benzodiazepines with no additional fused rings is 1. The van der Waals surface area contributed by atoms with Crippen LogP contribution >= 0.6 is 23.8 Å². The predicted molar refractivity (Wildman–Crippen MR) is 82.4 cm³/mol. The Balaban J connectivity index is 2.18. The van der Waals surface area contributed by atoms with Crippen LogP contribution in [0.1, 0.15) is 11.3 Å². The zero-order valence-corrected chi connectivity index (χ0v) is 11.5. The summed E-state index contributed by atoms with van der Waals surface area (Å²) in [6, 6.07) is 11.4. The molecule has 0 amide bonds. The minimum Gasteiger partial charge on any atom is -0.348 e. The monoisotopic (exact) mass is 287 g/mol. The summed E-state index contributed by atoms with van der Waals surface area (Å²) < 4.78 is 0. The maximum atomic E-state index is 6.03. The fourth-order valence-corrected chi connectivity index (χ4v) is 2.32. The van der Waals surface area contributed by atoms with E-state index in [1.54, 1.807) is 6.20 Å². The second kappa shape index (κ2) is 5.07. The maximum Gasteiger partial charge on any atom is 0.102 e. The number of hydrogen-bond donors (Lipinski definition) is 1. The number of rotatable bonds is 1. The SMILES string of the molecule is S=C1CN=C(c2ccccn2)c2ccc(Cl)cc2N1. The molecule has 0 atom stereocenters. The molecule has 0 bridgehead atoms. The molecule has 0 saturated heterocycles. The summed E-state index contributed by atoms with van der Waals surface area (Å²) in [4.78, 5) is 9.58. The molecule has 0 spiro atoms. The zero-order chi connectivity index (χ0) is 13.2. The Kier molecular flexibility index (Phi) is 3.27. The van der Waals surface area contributed by atoms with Gasteiger partial charge >= 0.3 is 0 Å². The summed E-state index contributed by atoms with van der Waals surface area (Å²) in [6.45, 7) is 0.452. The van der Waals surface area contributed by atoms with Gasteiger partial charge in [0.2, 0.25) is 0 Å². The predicted octanol–water partition coefficient (Wildman–Crippen LogP) is 3.33. The Morgan fingerprint density at radius 3 is 2.89 bits per heavy atom. The average molecular weight is 288 g/mol. The molecule has 0 aliphatic carbocycles. The number of anilines is 1. The smallest absolute Gasteiger partial charge is 0.102 e. The van der Waals surface area contributed by atoms with E-state index in [-0.39, 0.29) is 0 Å². The van der Waals surface area contributed by atoms with Gasteiger partial charge in [-0.05, 0) is 30.3 Å². The van der Waals surface area contributed by atoms with Crippen LogP contribution in [0.2, 0.25) is 5.02 Å². The Morgan fingerprint density at radius 2 is 2.11 bits per heavy atom. The summed E-state index contributed by atoms with van der Waals surface area (Å²) in [6.07, 6.45) is 1.75. The molecule has 1 N–H and O–H groups in total. The van der Waals surface area contributed by atoms with Crippen LogP contribution in [-0.2, 0) is 0 Å². The minimum absolute atomic E-state index is 0.452. The lowest BCUT2D eigenvalue weighted by molar-refractivity contribution is 1.25. The van der Waals surface area contributed by atoms with Crippen LogP contribution < -0.4 is 5.32 Å². The van der Waals surface area contributed by atoms with Crippen LogP contribution in [0.4, 0.5) is 5.69 Å². The molecule has 0 fully saturated rings. The largest absolute Gasteiger partial charge is 0.348 e. The second-order valence-electron chi connectivity index (χ2n) is 4.12. The van der Waals surface area contributed by atoms with Crippen LogP contribution in [0.25, 0.3) is 0 Å². The van der Waals surface area contributed by atoms with Crippen LogP contribution in [0.3, 0.4) is 0 Å². The van der Waals surface area contributed by atoms with Gasteiger partial charge in [0.15, 0.2) is 0 Å². The van der Waals surface area contributed by atoms with Crippen molar-refractivity contribution in [2.24, 2.45) is 4.99 Å². The molecule has 1 aromatic heterocycles. The van der Waals surface area contributed by atoms with Crippen molar-refractivity contribution in [1.29, 1.82) is 0 Å². The van der Waals surface area contributed by atoms with Gasteiger partial charge in [-0.25, -0.2) is 0 Å². The highest BCUT2D eigenvalue weighted by Gasteiger charge is 2.17. The van der Waals surface area contributed by atoms with E-state index in [9.17, 15) is 0 Å². The molecule has 1 aliphatic rings. The molecule has 3 nitrogen and oxygen atoms in total. The molecule has 5 heteroatoms. The van der Waals surface area contributed by atoms with Gasteiger partial charge in [-0.1, -0.05) is 29.9 Å². The first-order chi connectivity index (χ1) is 9.24. The van der Waals surface area contributed by atoms with E-state index < -0.39 is 0 Å². The van der Waals surface area contributed by atoms with Crippen molar-refractivity contribution < 1.29 is 0 Å². The van der Waals surface area contributed by atoms with Crippen molar-refractivity contribution in [2.45, 2.75) is 0 Å². The molecule has 19 heavy (non-hydrogen) atoms. The van der Waals surface area contributed by atoms with Crippen LogP contribution in [0.5, 0.6) is 0 Å². The lowest BCUT2D eigenvalue weighted by Crippen LogP contribution is -2.10. The minimum atomic E-state index is 0.452. The molecule has 0 saturated carbocycles. The van der Waals surface area contributed by atoms with Gasteiger partial charge in [-0.15, -0.1) is 0 Å². The van der Waals surface area contributed by atoms with Crippen LogP contribution in [-0.4, -0.2) is 22.2 Å². The van der Waals surface area contributed by atoms with Gasteiger partial charge in [0.1, 0.15) is 4.99 Å². The number of nitrogens with one attached hydrogen (secondary N) is 1. The fraction of sp³-hybridized carbons (Fsp3) is 0.0714. The Labute approximate surface area is 121 Å². The molecule has 94 valence electrons. The van der Waals surface area contributed by atoms with E-state index in [0.717, 1.165) is 22.7 Å². The molecule has 1 aromatic carbocycles. The molecule has 1 aliphatic heterocycles. The quantitative estimate of drug-likeness (QED) is 0.818. The molecule has 0 unspecified atom stereocenters. The van der Waals surface area contributed by atoms with Crippen molar-refractivity contribution in [3.63, 3.8) is 0 Å². The zero-order valence-electron chi connectivity index (χ0n) is 9.93. The number of hydrogen-bond acceptors (Lipinski definition) is 3. The van der Waals surface area contributed by atoms with Crippen molar-refractivity contribution in [3.05, 3.63) is 58.9 Å². The number of nitrogens with zero attached hydrogens (tertiary/aromatic N) is 2. The molecular weight excluding hydrogens is 278 g/mol. The highest BCUT2D eigenvalue weighted by Crippen LogP contribution is 2.25. The molecule has 3 rings (SSSR count). The van der Waals surface area contributed by atoms with Crippen LogP contribution in [0, 0.1) is 0 Å². The third-order valence-electron chi connectivity index (χ3n) is 2.80. The summed E-state index contributed by atoms with van der Waals surface area (Å²) in [5.74, 6) is 0. The van der Waals surface area contributed by atoms with Gasteiger partial charge in [-0.2, -0.15) is 0 Å². The molecular formula is C14H10ClN3S. The normalized spacial score (nSPS) is 14.2. The first kappa shape index (κ1) is 12.3.